The molecule has 4 nitrogen and oxygen atoms in total. The second kappa shape index (κ2) is 7.83. The molecule has 2 amide bonds. The van der Waals surface area contributed by atoms with Gasteiger partial charge in [-0.3, -0.25) is 9.59 Å². The molecule has 3 aromatic rings. The van der Waals surface area contributed by atoms with Crippen LogP contribution in [0.15, 0.2) is 66.7 Å². The van der Waals surface area contributed by atoms with Crippen LogP contribution in [0.2, 0.25) is 0 Å². The van der Waals surface area contributed by atoms with Gasteiger partial charge in [0, 0.05) is 5.56 Å². The number of nitrogens with one attached hydrogen (secondary N) is 2. The van der Waals surface area contributed by atoms with Crippen molar-refractivity contribution in [3.05, 3.63) is 83.4 Å². The molecule has 4 heteroatoms. The summed E-state index contributed by atoms with van der Waals surface area (Å²) in [6.45, 7) is 3.85. The average Bonchev–Trinajstić information content (AvgIpc) is 2.66. The van der Waals surface area contributed by atoms with E-state index in [1.807, 2.05) is 56.3 Å². The quantitative estimate of drug-likeness (QED) is 0.739. The van der Waals surface area contributed by atoms with Gasteiger partial charge < -0.3 is 10.6 Å². The monoisotopic (exact) mass is 346 g/mol. The number of amides is 2. The summed E-state index contributed by atoms with van der Waals surface area (Å²) in [6, 6.07) is 21.2. The van der Waals surface area contributed by atoms with Crippen LogP contribution in [0.25, 0.3) is 10.8 Å². The lowest BCUT2D eigenvalue weighted by atomic mass is 10.00. The number of aryl methyl sites for hydroxylation is 1. The van der Waals surface area contributed by atoms with E-state index in [0.717, 1.165) is 21.9 Å². The molecule has 0 fully saturated rings. The van der Waals surface area contributed by atoms with Gasteiger partial charge in [0.2, 0.25) is 5.91 Å². The molecule has 0 heterocycles. The number of benzene rings is 3. The van der Waals surface area contributed by atoms with Crippen LogP contribution in [-0.2, 0) is 4.79 Å². The van der Waals surface area contributed by atoms with E-state index >= 15 is 0 Å². The molecule has 0 bridgehead atoms. The SMILES string of the molecule is Cc1ccc(C(=O)NCC(=O)N[C@H](C)c2cccc3ccccc23)cc1. The Morgan fingerprint density at radius 1 is 0.923 bits per heavy atom. The molecule has 0 spiro atoms. The summed E-state index contributed by atoms with van der Waals surface area (Å²) < 4.78 is 0. The molecule has 2 N–H and O–H groups in total. The van der Waals surface area contributed by atoms with E-state index in [0.29, 0.717) is 5.56 Å². The molecule has 0 aliphatic rings. The summed E-state index contributed by atoms with van der Waals surface area (Å²) in [5.74, 6) is -0.469. The van der Waals surface area contributed by atoms with Gasteiger partial charge in [0.25, 0.3) is 5.91 Å². The molecular formula is C22H22N2O2. The second-order valence-electron chi connectivity index (χ2n) is 6.41. The van der Waals surface area contributed by atoms with Crippen LogP contribution in [0, 0.1) is 6.92 Å². The van der Waals surface area contributed by atoms with Gasteiger partial charge in [-0.25, -0.2) is 0 Å². The zero-order chi connectivity index (χ0) is 18.5. The third-order valence-corrected chi connectivity index (χ3v) is 4.39. The highest BCUT2D eigenvalue weighted by Gasteiger charge is 2.13. The van der Waals surface area contributed by atoms with Crippen molar-refractivity contribution in [3.8, 4) is 0 Å². The number of carbonyl (C=O) groups is 2. The Kier molecular flexibility index (Phi) is 5.32. The van der Waals surface area contributed by atoms with Gasteiger partial charge in [0.15, 0.2) is 0 Å². The molecule has 26 heavy (non-hydrogen) atoms. The van der Waals surface area contributed by atoms with Gasteiger partial charge >= 0.3 is 0 Å². The van der Waals surface area contributed by atoms with Crippen molar-refractivity contribution >= 4 is 22.6 Å². The van der Waals surface area contributed by atoms with E-state index in [1.54, 1.807) is 12.1 Å². The largest absolute Gasteiger partial charge is 0.348 e. The number of fused-ring (bicyclic) bond motifs is 1. The molecule has 3 rings (SSSR count). The lowest BCUT2D eigenvalue weighted by molar-refractivity contribution is -0.120. The zero-order valence-electron chi connectivity index (χ0n) is 15.0. The Bertz CT molecular complexity index is 927. The number of carbonyl (C=O) groups excluding carboxylic acids is 2. The van der Waals surface area contributed by atoms with Crippen molar-refractivity contribution in [3.63, 3.8) is 0 Å². The third-order valence-electron chi connectivity index (χ3n) is 4.39. The van der Waals surface area contributed by atoms with Crippen LogP contribution in [0.3, 0.4) is 0 Å². The number of hydrogen-bond donors (Lipinski definition) is 2. The van der Waals surface area contributed by atoms with Crippen LogP contribution in [0.1, 0.15) is 34.5 Å². The van der Waals surface area contributed by atoms with Crippen LogP contribution in [-0.4, -0.2) is 18.4 Å². The minimum Gasteiger partial charge on any atom is -0.348 e. The molecule has 0 radical (unpaired) electrons. The Balaban J connectivity index is 1.60. The maximum atomic E-state index is 12.2. The second-order valence-corrected chi connectivity index (χ2v) is 6.41. The van der Waals surface area contributed by atoms with Gasteiger partial charge in [-0.05, 0) is 42.3 Å². The summed E-state index contributed by atoms with van der Waals surface area (Å²) in [4.78, 5) is 24.3. The summed E-state index contributed by atoms with van der Waals surface area (Å²) in [5.41, 5.74) is 2.69. The number of rotatable bonds is 5. The maximum absolute atomic E-state index is 12.2. The molecule has 0 saturated carbocycles. The van der Waals surface area contributed by atoms with Crippen LogP contribution in [0.4, 0.5) is 0 Å². The molecule has 0 unspecified atom stereocenters. The topological polar surface area (TPSA) is 58.2 Å². The van der Waals surface area contributed by atoms with Crippen LogP contribution < -0.4 is 10.6 Å². The summed E-state index contributed by atoms with van der Waals surface area (Å²) in [6.07, 6.45) is 0. The van der Waals surface area contributed by atoms with Crippen molar-refractivity contribution < 1.29 is 9.59 Å². The first-order valence-electron chi connectivity index (χ1n) is 8.66. The van der Waals surface area contributed by atoms with Crippen molar-refractivity contribution in [2.24, 2.45) is 0 Å². The molecule has 0 aliphatic carbocycles. The Morgan fingerprint density at radius 2 is 1.62 bits per heavy atom. The molecule has 0 saturated heterocycles. The normalized spacial score (nSPS) is 11.8. The predicted octanol–water partition coefficient (Wildman–Crippen LogP) is 3.76. The standard InChI is InChI=1S/C22H22N2O2/c1-15-10-12-18(13-11-15)22(26)23-14-21(25)24-16(2)19-9-5-7-17-6-3-4-8-20(17)19/h3-13,16H,14H2,1-2H3,(H,23,26)(H,24,25)/t16-/m1/s1. The number of hydrogen-bond acceptors (Lipinski definition) is 2. The van der Waals surface area contributed by atoms with Crippen LogP contribution in [0.5, 0.6) is 0 Å². The zero-order valence-corrected chi connectivity index (χ0v) is 15.0. The molecule has 1 atom stereocenters. The molecular weight excluding hydrogens is 324 g/mol. The third kappa shape index (κ3) is 4.09. The summed E-state index contributed by atoms with van der Waals surface area (Å²) >= 11 is 0. The van der Waals surface area contributed by atoms with Crippen molar-refractivity contribution in [2.75, 3.05) is 6.54 Å². The van der Waals surface area contributed by atoms with Crippen LogP contribution >= 0.6 is 0 Å². The first-order valence-corrected chi connectivity index (χ1v) is 8.66. The Hall–Kier alpha value is -3.14. The minimum absolute atomic E-state index is 0.0538. The smallest absolute Gasteiger partial charge is 0.251 e. The Labute approximate surface area is 153 Å². The minimum atomic E-state index is -0.252. The van der Waals surface area contributed by atoms with Gasteiger partial charge in [-0.2, -0.15) is 0 Å². The highest BCUT2D eigenvalue weighted by atomic mass is 16.2. The fourth-order valence-electron chi connectivity index (χ4n) is 2.97. The fourth-order valence-corrected chi connectivity index (χ4v) is 2.97. The average molecular weight is 346 g/mol. The lowest BCUT2D eigenvalue weighted by Gasteiger charge is -2.17. The molecule has 0 aromatic heterocycles. The van der Waals surface area contributed by atoms with Crippen molar-refractivity contribution in [1.29, 1.82) is 0 Å². The van der Waals surface area contributed by atoms with Gasteiger partial charge in [-0.15, -0.1) is 0 Å². The Morgan fingerprint density at radius 3 is 2.38 bits per heavy atom. The van der Waals surface area contributed by atoms with E-state index in [9.17, 15) is 9.59 Å². The van der Waals surface area contributed by atoms with Crippen molar-refractivity contribution in [1.82, 2.24) is 10.6 Å². The van der Waals surface area contributed by atoms with Gasteiger partial charge in [0.1, 0.15) is 0 Å². The predicted molar refractivity (Wildman–Crippen MR) is 104 cm³/mol. The first-order chi connectivity index (χ1) is 12.5. The highest BCUT2D eigenvalue weighted by Crippen LogP contribution is 2.23. The van der Waals surface area contributed by atoms with E-state index in [1.165, 1.54) is 0 Å². The van der Waals surface area contributed by atoms with E-state index in [4.69, 9.17) is 0 Å². The highest BCUT2D eigenvalue weighted by molar-refractivity contribution is 5.96. The molecule has 3 aromatic carbocycles. The van der Waals surface area contributed by atoms with Gasteiger partial charge in [-0.1, -0.05) is 60.2 Å². The lowest BCUT2D eigenvalue weighted by Crippen LogP contribution is -2.38. The first kappa shape index (κ1) is 17.7. The fraction of sp³-hybridized carbons (Fsp3) is 0.182. The molecule has 132 valence electrons. The van der Waals surface area contributed by atoms with Crippen molar-refractivity contribution in [2.45, 2.75) is 19.9 Å². The maximum Gasteiger partial charge on any atom is 0.251 e. The van der Waals surface area contributed by atoms with E-state index in [-0.39, 0.29) is 24.4 Å². The van der Waals surface area contributed by atoms with E-state index < -0.39 is 0 Å². The molecule has 0 aliphatic heterocycles. The summed E-state index contributed by atoms with van der Waals surface area (Å²) in [5, 5.41) is 7.87. The van der Waals surface area contributed by atoms with E-state index in [2.05, 4.69) is 22.8 Å². The van der Waals surface area contributed by atoms with Gasteiger partial charge in [0.05, 0.1) is 12.6 Å². The summed E-state index contributed by atoms with van der Waals surface area (Å²) in [7, 11) is 0.